The van der Waals surface area contributed by atoms with Gasteiger partial charge in [0, 0.05) is 4.47 Å². The Bertz CT molecular complexity index is 781. The first-order valence-corrected chi connectivity index (χ1v) is 7.12. The number of benzene rings is 2. The topological polar surface area (TPSA) is 17.8 Å². The summed E-state index contributed by atoms with van der Waals surface area (Å²) in [6.07, 6.45) is 0. The van der Waals surface area contributed by atoms with Crippen molar-refractivity contribution in [3.63, 3.8) is 0 Å². The third kappa shape index (κ3) is 2.11. The summed E-state index contributed by atoms with van der Waals surface area (Å²) in [7, 11) is 0. The van der Waals surface area contributed by atoms with E-state index in [4.69, 9.17) is 11.6 Å². The minimum atomic E-state index is -0.654. The number of alkyl halides is 1. The lowest BCUT2D eigenvalue weighted by Crippen LogP contribution is -2.04. The number of hydrogen-bond donors (Lipinski definition) is 0. The molecule has 0 aliphatic heterocycles. The van der Waals surface area contributed by atoms with Gasteiger partial charge in [0.2, 0.25) is 0 Å². The van der Waals surface area contributed by atoms with Crippen molar-refractivity contribution in [3.8, 4) is 5.69 Å². The molecule has 0 N–H and O–H groups in total. The van der Waals surface area contributed by atoms with Gasteiger partial charge in [0.05, 0.1) is 16.9 Å². The van der Waals surface area contributed by atoms with Crippen LogP contribution in [0.3, 0.4) is 0 Å². The molecule has 0 atom stereocenters. The first-order valence-electron chi connectivity index (χ1n) is 5.79. The minimum absolute atomic E-state index is 0.0556. The summed E-state index contributed by atoms with van der Waals surface area (Å²) in [5, 5.41) is 0. The van der Waals surface area contributed by atoms with Crippen LogP contribution >= 0.6 is 27.5 Å². The van der Waals surface area contributed by atoms with Gasteiger partial charge in [-0.1, -0.05) is 22.0 Å². The average molecular weight is 358 g/mol. The van der Waals surface area contributed by atoms with Gasteiger partial charge in [-0.15, -0.1) is 11.6 Å². The standard InChI is InChI=1S/C14H8BrClF2N2/c15-8-4-5-12-11(6-8)19-13(7-16)20(12)14-9(17)2-1-3-10(14)18/h1-6H,7H2. The molecule has 3 aromatic rings. The van der Waals surface area contributed by atoms with Crippen molar-refractivity contribution in [2.24, 2.45) is 0 Å². The zero-order valence-corrected chi connectivity index (χ0v) is 12.4. The third-order valence-corrected chi connectivity index (χ3v) is 3.70. The van der Waals surface area contributed by atoms with E-state index in [1.165, 1.54) is 22.8 Å². The Kier molecular flexibility index (Phi) is 3.48. The van der Waals surface area contributed by atoms with Crippen LogP contribution in [0.5, 0.6) is 0 Å². The molecule has 1 heterocycles. The maximum atomic E-state index is 14.0. The van der Waals surface area contributed by atoms with Gasteiger partial charge in [0.25, 0.3) is 0 Å². The fourth-order valence-corrected chi connectivity index (χ4v) is 2.67. The number of para-hydroxylation sites is 1. The van der Waals surface area contributed by atoms with Crippen molar-refractivity contribution >= 4 is 38.6 Å². The van der Waals surface area contributed by atoms with Gasteiger partial charge in [0.15, 0.2) is 0 Å². The Morgan fingerprint density at radius 3 is 2.50 bits per heavy atom. The molecule has 2 nitrogen and oxygen atoms in total. The van der Waals surface area contributed by atoms with Gasteiger partial charge in [0.1, 0.15) is 23.1 Å². The van der Waals surface area contributed by atoms with Crippen molar-refractivity contribution < 1.29 is 8.78 Å². The summed E-state index contributed by atoms with van der Waals surface area (Å²) in [6, 6.07) is 9.05. The number of halogens is 4. The first-order chi connectivity index (χ1) is 9.61. The molecule has 3 rings (SSSR count). The minimum Gasteiger partial charge on any atom is -0.290 e. The Morgan fingerprint density at radius 1 is 1.15 bits per heavy atom. The molecule has 0 aliphatic carbocycles. The normalized spacial score (nSPS) is 11.2. The number of fused-ring (bicyclic) bond motifs is 1. The van der Waals surface area contributed by atoms with E-state index in [2.05, 4.69) is 20.9 Å². The molecule has 0 saturated heterocycles. The fourth-order valence-electron chi connectivity index (χ4n) is 2.15. The van der Waals surface area contributed by atoms with Gasteiger partial charge in [-0.3, -0.25) is 4.57 Å². The highest BCUT2D eigenvalue weighted by Gasteiger charge is 2.18. The third-order valence-electron chi connectivity index (χ3n) is 2.97. The predicted molar refractivity (Wildman–Crippen MR) is 78.2 cm³/mol. The molecule has 0 radical (unpaired) electrons. The van der Waals surface area contributed by atoms with E-state index in [1.54, 1.807) is 18.2 Å². The summed E-state index contributed by atoms with van der Waals surface area (Å²) in [5.74, 6) is -0.860. The molecule has 0 saturated carbocycles. The lowest BCUT2D eigenvalue weighted by Gasteiger charge is -2.10. The van der Waals surface area contributed by atoms with E-state index in [-0.39, 0.29) is 11.6 Å². The molecule has 0 unspecified atom stereocenters. The lowest BCUT2D eigenvalue weighted by molar-refractivity contribution is 0.569. The van der Waals surface area contributed by atoms with Crippen LogP contribution in [0.2, 0.25) is 0 Å². The van der Waals surface area contributed by atoms with Gasteiger partial charge in [-0.25, -0.2) is 13.8 Å². The quantitative estimate of drug-likeness (QED) is 0.602. The number of imidazole rings is 1. The molecule has 6 heteroatoms. The first kappa shape index (κ1) is 13.5. The van der Waals surface area contributed by atoms with Crippen molar-refractivity contribution in [1.82, 2.24) is 9.55 Å². The summed E-state index contributed by atoms with van der Waals surface area (Å²) < 4.78 is 30.2. The second kappa shape index (κ2) is 5.14. The van der Waals surface area contributed by atoms with Crippen LogP contribution in [-0.2, 0) is 5.88 Å². The molecule has 0 fully saturated rings. The van der Waals surface area contributed by atoms with Crippen molar-refractivity contribution in [1.29, 1.82) is 0 Å². The molecule has 0 bridgehead atoms. The van der Waals surface area contributed by atoms with E-state index in [9.17, 15) is 8.78 Å². The highest BCUT2D eigenvalue weighted by molar-refractivity contribution is 9.10. The van der Waals surface area contributed by atoms with Crippen LogP contribution in [0.15, 0.2) is 40.9 Å². The average Bonchev–Trinajstić information content (AvgIpc) is 2.76. The van der Waals surface area contributed by atoms with E-state index >= 15 is 0 Å². The number of rotatable bonds is 2. The molecule has 0 amide bonds. The number of aromatic nitrogens is 2. The molecular formula is C14H8BrClF2N2. The zero-order chi connectivity index (χ0) is 14.3. The van der Waals surface area contributed by atoms with E-state index in [0.29, 0.717) is 16.9 Å². The van der Waals surface area contributed by atoms with Gasteiger partial charge < -0.3 is 0 Å². The van der Waals surface area contributed by atoms with Crippen LogP contribution in [0.25, 0.3) is 16.7 Å². The predicted octanol–water partition coefficient (Wildman–Crippen LogP) is 4.81. The molecule has 0 spiro atoms. The van der Waals surface area contributed by atoms with Crippen LogP contribution in [0.1, 0.15) is 5.82 Å². The number of nitrogens with zero attached hydrogens (tertiary/aromatic N) is 2. The molecular weight excluding hydrogens is 350 g/mol. The van der Waals surface area contributed by atoms with Crippen molar-refractivity contribution in [2.75, 3.05) is 0 Å². The Morgan fingerprint density at radius 2 is 1.85 bits per heavy atom. The van der Waals surface area contributed by atoms with Crippen LogP contribution in [0, 0.1) is 11.6 Å². The van der Waals surface area contributed by atoms with Crippen molar-refractivity contribution in [2.45, 2.75) is 5.88 Å². The second-order valence-electron chi connectivity index (χ2n) is 4.20. The molecule has 20 heavy (non-hydrogen) atoms. The van der Waals surface area contributed by atoms with Crippen molar-refractivity contribution in [3.05, 3.63) is 58.3 Å². The van der Waals surface area contributed by atoms with Gasteiger partial charge in [-0.05, 0) is 30.3 Å². The van der Waals surface area contributed by atoms with Crippen LogP contribution in [0.4, 0.5) is 8.78 Å². The summed E-state index contributed by atoms with van der Waals surface area (Å²) >= 11 is 9.20. The zero-order valence-electron chi connectivity index (χ0n) is 10.1. The Balaban J connectivity index is 2.40. The molecule has 102 valence electrons. The highest BCUT2D eigenvalue weighted by Crippen LogP contribution is 2.28. The maximum Gasteiger partial charge on any atom is 0.150 e. The fraction of sp³-hybridized carbons (Fsp3) is 0.0714. The Labute approximate surface area is 127 Å². The van der Waals surface area contributed by atoms with Crippen LogP contribution < -0.4 is 0 Å². The number of hydrogen-bond acceptors (Lipinski definition) is 1. The van der Waals surface area contributed by atoms with E-state index in [1.807, 2.05) is 0 Å². The smallest absolute Gasteiger partial charge is 0.150 e. The Hall–Kier alpha value is -1.46. The lowest BCUT2D eigenvalue weighted by atomic mass is 10.2. The highest BCUT2D eigenvalue weighted by atomic mass is 79.9. The maximum absolute atomic E-state index is 14.0. The summed E-state index contributed by atoms with van der Waals surface area (Å²) in [4.78, 5) is 4.32. The monoisotopic (exact) mass is 356 g/mol. The molecule has 1 aromatic heterocycles. The van der Waals surface area contributed by atoms with E-state index in [0.717, 1.165) is 4.47 Å². The van der Waals surface area contributed by atoms with E-state index < -0.39 is 11.6 Å². The van der Waals surface area contributed by atoms with Crippen LogP contribution in [-0.4, -0.2) is 9.55 Å². The summed E-state index contributed by atoms with van der Waals surface area (Å²) in [6.45, 7) is 0. The van der Waals surface area contributed by atoms with Gasteiger partial charge >= 0.3 is 0 Å². The second-order valence-corrected chi connectivity index (χ2v) is 5.38. The largest absolute Gasteiger partial charge is 0.290 e. The summed E-state index contributed by atoms with van der Waals surface area (Å²) in [5.41, 5.74) is 1.07. The molecule has 2 aromatic carbocycles. The van der Waals surface area contributed by atoms with Gasteiger partial charge in [-0.2, -0.15) is 0 Å². The molecule has 0 aliphatic rings. The SMILES string of the molecule is Fc1cccc(F)c1-n1c(CCl)nc2cc(Br)ccc21.